The SMILES string of the molecule is CCNCc1cnc(Oc2cnn(C(C)C)c2)c(Cl)c1. The summed E-state index contributed by atoms with van der Waals surface area (Å²) in [6.07, 6.45) is 5.25. The number of nitrogens with one attached hydrogen (secondary N) is 1. The van der Waals surface area contributed by atoms with Crippen molar-refractivity contribution in [3.63, 3.8) is 0 Å². The highest BCUT2D eigenvalue weighted by Crippen LogP contribution is 2.27. The van der Waals surface area contributed by atoms with Crippen LogP contribution < -0.4 is 10.1 Å². The minimum Gasteiger partial charge on any atom is -0.434 e. The molecule has 1 N–H and O–H groups in total. The minimum absolute atomic E-state index is 0.290. The summed E-state index contributed by atoms with van der Waals surface area (Å²) in [4.78, 5) is 4.25. The highest BCUT2D eigenvalue weighted by molar-refractivity contribution is 6.31. The van der Waals surface area contributed by atoms with E-state index in [0.717, 1.165) is 18.7 Å². The fraction of sp³-hybridized carbons (Fsp3) is 0.429. The highest BCUT2D eigenvalue weighted by atomic mass is 35.5. The molecule has 0 unspecified atom stereocenters. The molecule has 0 aromatic carbocycles. The van der Waals surface area contributed by atoms with Crippen LogP contribution in [0.25, 0.3) is 0 Å². The quantitative estimate of drug-likeness (QED) is 0.887. The normalized spacial score (nSPS) is 11.1. The number of pyridine rings is 1. The summed E-state index contributed by atoms with van der Waals surface area (Å²) in [5.41, 5.74) is 1.03. The van der Waals surface area contributed by atoms with Crippen LogP contribution in [0.15, 0.2) is 24.7 Å². The molecule has 0 fully saturated rings. The molecule has 0 aliphatic carbocycles. The Labute approximate surface area is 123 Å². The molecule has 2 aromatic heterocycles. The van der Waals surface area contributed by atoms with Gasteiger partial charge in [0.15, 0.2) is 5.75 Å². The molecular formula is C14H19ClN4O. The summed E-state index contributed by atoms with van der Waals surface area (Å²) in [5, 5.41) is 7.93. The van der Waals surface area contributed by atoms with Crippen LogP contribution in [0, 0.1) is 0 Å². The number of aromatic nitrogens is 3. The average molecular weight is 295 g/mol. The van der Waals surface area contributed by atoms with Gasteiger partial charge < -0.3 is 10.1 Å². The van der Waals surface area contributed by atoms with Gasteiger partial charge in [-0.15, -0.1) is 0 Å². The molecule has 108 valence electrons. The molecule has 20 heavy (non-hydrogen) atoms. The number of hydrogen-bond acceptors (Lipinski definition) is 4. The lowest BCUT2D eigenvalue weighted by Gasteiger charge is -2.07. The fourth-order valence-corrected chi connectivity index (χ4v) is 1.90. The summed E-state index contributed by atoms with van der Waals surface area (Å²) in [6.45, 7) is 7.81. The molecule has 0 amide bonds. The van der Waals surface area contributed by atoms with Gasteiger partial charge in [0.25, 0.3) is 0 Å². The Balaban J connectivity index is 2.08. The van der Waals surface area contributed by atoms with Crippen LogP contribution in [0.2, 0.25) is 5.02 Å². The number of halogens is 1. The van der Waals surface area contributed by atoms with Crippen molar-refractivity contribution in [2.24, 2.45) is 0 Å². The van der Waals surface area contributed by atoms with Crippen LogP contribution in [0.1, 0.15) is 32.4 Å². The van der Waals surface area contributed by atoms with Crippen molar-refractivity contribution in [2.75, 3.05) is 6.54 Å². The van der Waals surface area contributed by atoms with Gasteiger partial charge in [-0.2, -0.15) is 5.10 Å². The zero-order valence-corrected chi connectivity index (χ0v) is 12.7. The smallest absolute Gasteiger partial charge is 0.238 e. The van der Waals surface area contributed by atoms with E-state index in [1.807, 2.05) is 16.9 Å². The zero-order chi connectivity index (χ0) is 14.5. The Kier molecular flexibility index (Phi) is 4.98. The first kappa shape index (κ1) is 14.8. The van der Waals surface area contributed by atoms with Crippen molar-refractivity contribution in [3.05, 3.63) is 35.2 Å². The predicted octanol–water partition coefficient (Wildman–Crippen LogP) is 3.41. The van der Waals surface area contributed by atoms with Crippen molar-refractivity contribution in [2.45, 2.75) is 33.4 Å². The maximum atomic E-state index is 6.19. The summed E-state index contributed by atoms with van der Waals surface area (Å²) >= 11 is 6.19. The standard InChI is InChI=1S/C14H19ClN4O/c1-4-16-6-11-5-13(15)14(17-7-11)20-12-8-18-19(9-12)10(2)3/h5,7-10,16H,4,6H2,1-3H3. The topological polar surface area (TPSA) is 52.0 Å². The van der Waals surface area contributed by atoms with Crippen LogP contribution >= 0.6 is 11.6 Å². The van der Waals surface area contributed by atoms with E-state index in [1.165, 1.54) is 0 Å². The lowest BCUT2D eigenvalue weighted by atomic mass is 10.3. The first-order valence-corrected chi connectivity index (χ1v) is 7.05. The van der Waals surface area contributed by atoms with E-state index in [2.05, 4.69) is 36.2 Å². The van der Waals surface area contributed by atoms with E-state index in [1.54, 1.807) is 12.4 Å². The summed E-state index contributed by atoms with van der Waals surface area (Å²) in [6, 6.07) is 2.15. The molecule has 2 rings (SSSR count). The van der Waals surface area contributed by atoms with Crippen LogP contribution in [-0.2, 0) is 6.54 Å². The van der Waals surface area contributed by atoms with Crippen LogP contribution in [0.3, 0.4) is 0 Å². The first-order valence-electron chi connectivity index (χ1n) is 6.67. The van der Waals surface area contributed by atoms with Crippen molar-refractivity contribution in [1.82, 2.24) is 20.1 Å². The largest absolute Gasteiger partial charge is 0.434 e. The number of nitrogens with zero attached hydrogens (tertiary/aromatic N) is 3. The molecule has 0 aliphatic rings. The lowest BCUT2D eigenvalue weighted by Crippen LogP contribution is -2.11. The Morgan fingerprint density at radius 2 is 2.20 bits per heavy atom. The van der Waals surface area contributed by atoms with E-state index in [-0.39, 0.29) is 0 Å². The second kappa shape index (κ2) is 6.72. The van der Waals surface area contributed by atoms with Gasteiger partial charge in [0.1, 0.15) is 5.02 Å². The number of rotatable bonds is 6. The van der Waals surface area contributed by atoms with Crippen molar-refractivity contribution >= 4 is 11.6 Å². The lowest BCUT2D eigenvalue weighted by molar-refractivity contribution is 0.458. The van der Waals surface area contributed by atoms with Gasteiger partial charge in [-0.3, -0.25) is 4.68 Å². The van der Waals surface area contributed by atoms with Gasteiger partial charge in [-0.1, -0.05) is 18.5 Å². The zero-order valence-electron chi connectivity index (χ0n) is 11.9. The third-order valence-corrected chi connectivity index (χ3v) is 3.04. The van der Waals surface area contributed by atoms with Gasteiger partial charge in [0.2, 0.25) is 5.88 Å². The van der Waals surface area contributed by atoms with E-state index in [4.69, 9.17) is 16.3 Å². The molecular weight excluding hydrogens is 276 g/mol. The summed E-state index contributed by atoms with van der Waals surface area (Å²) in [5.74, 6) is 1.03. The Morgan fingerprint density at radius 1 is 1.40 bits per heavy atom. The third-order valence-electron chi connectivity index (χ3n) is 2.76. The summed E-state index contributed by atoms with van der Waals surface area (Å²) < 4.78 is 7.47. The highest BCUT2D eigenvalue weighted by Gasteiger charge is 2.09. The molecule has 0 aliphatic heterocycles. The van der Waals surface area contributed by atoms with Gasteiger partial charge in [0.05, 0.1) is 12.4 Å². The van der Waals surface area contributed by atoms with Crippen LogP contribution in [0.5, 0.6) is 11.6 Å². The molecule has 0 spiro atoms. The monoisotopic (exact) mass is 294 g/mol. The molecule has 0 atom stereocenters. The molecule has 0 radical (unpaired) electrons. The summed E-state index contributed by atoms with van der Waals surface area (Å²) in [7, 11) is 0. The van der Waals surface area contributed by atoms with Crippen LogP contribution in [0.4, 0.5) is 0 Å². The van der Waals surface area contributed by atoms with Crippen LogP contribution in [-0.4, -0.2) is 21.3 Å². The molecule has 2 aromatic rings. The average Bonchev–Trinajstić information content (AvgIpc) is 2.88. The Morgan fingerprint density at radius 3 is 2.80 bits per heavy atom. The van der Waals surface area contributed by atoms with E-state index in [9.17, 15) is 0 Å². The Hall–Kier alpha value is -1.59. The van der Waals surface area contributed by atoms with E-state index < -0.39 is 0 Å². The molecule has 0 saturated carbocycles. The van der Waals surface area contributed by atoms with Gasteiger partial charge in [-0.05, 0) is 32.0 Å². The maximum Gasteiger partial charge on any atom is 0.238 e. The second-order valence-electron chi connectivity index (χ2n) is 4.76. The van der Waals surface area contributed by atoms with Gasteiger partial charge >= 0.3 is 0 Å². The molecule has 6 heteroatoms. The molecule has 5 nitrogen and oxygen atoms in total. The van der Waals surface area contributed by atoms with Crippen molar-refractivity contribution in [1.29, 1.82) is 0 Å². The van der Waals surface area contributed by atoms with E-state index in [0.29, 0.717) is 22.7 Å². The first-order chi connectivity index (χ1) is 9.60. The number of ether oxygens (including phenoxy) is 1. The van der Waals surface area contributed by atoms with Gasteiger partial charge in [-0.25, -0.2) is 4.98 Å². The van der Waals surface area contributed by atoms with Crippen molar-refractivity contribution < 1.29 is 4.74 Å². The predicted molar refractivity (Wildman–Crippen MR) is 79.3 cm³/mol. The van der Waals surface area contributed by atoms with Gasteiger partial charge in [0, 0.05) is 18.8 Å². The fourth-order valence-electron chi connectivity index (χ4n) is 1.67. The third kappa shape index (κ3) is 3.71. The Bertz CT molecular complexity index is 568. The molecule has 0 saturated heterocycles. The molecule has 2 heterocycles. The second-order valence-corrected chi connectivity index (χ2v) is 5.17. The van der Waals surface area contributed by atoms with Crippen molar-refractivity contribution in [3.8, 4) is 11.6 Å². The minimum atomic E-state index is 0.290. The van der Waals surface area contributed by atoms with E-state index >= 15 is 0 Å². The maximum absolute atomic E-state index is 6.19. The molecule has 0 bridgehead atoms. The number of hydrogen-bond donors (Lipinski definition) is 1.